The van der Waals surface area contributed by atoms with Gasteiger partial charge in [-0.05, 0) is 19.3 Å². The first-order chi connectivity index (χ1) is 9.84. The minimum atomic E-state index is -1.91. The Morgan fingerprint density at radius 2 is 2.19 bits per heavy atom. The maximum absolute atomic E-state index is 12.1. The SMILES string of the molecule is CC(C)CCOC(=O)[C@@](C)(O)n1cnc2c(N)ncnc21. The van der Waals surface area contributed by atoms with Crippen LogP contribution in [-0.2, 0) is 15.3 Å². The number of nitrogens with two attached hydrogens (primary N) is 1. The Bertz CT molecular complexity index is 650. The molecule has 21 heavy (non-hydrogen) atoms. The van der Waals surface area contributed by atoms with Crippen molar-refractivity contribution in [1.29, 1.82) is 0 Å². The molecule has 0 spiro atoms. The van der Waals surface area contributed by atoms with Gasteiger partial charge < -0.3 is 15.6 Å². The standard InChI is InChI=1S/C13H19N5O3/c1-8(2)4-5-21-12(19)13(3,20)18-7-17-9-10(14)15-6-16-11(9)18/h6-8,20H,4-5H2,1-3H3,(H2,14,15,16)/t13-/m1/s1. The summed E-state index contributed by atoms with van der Waals surface area (Å²) in [7, 11) is 0. The van der Waals surface area contributed by atoms with Crippen molar-refractivity contribution >= 4 is 23.0 Å². The number of imidazole rings is 1. The van der Waals surface area contributed by atoms with E-state index in [1.54, 1.807) is 0 Å². The molecule has 0 aliphatic heterocycles. The molecule has 2 rings (SSSR count). The van der Waals surface area contributed by atoms with E-state index in [-0.39, 0.29) is 18.1 Å². The molecule has 2 aromatic heterocycles. The summed E-state index contributed by atoms with van der Waals surface area (Å²) in [5, 5.41) is 10.4. The lowest BCUT2D eigenvalue weighted by Gasteiger charge is -2.23. The summed E-state index contributed by atoms with van der Waals surface area (Å²) in [5.41, 5.74) is 4.37. The quantitative estimate of drug-likeness (QED) is 0.778. The van der Waals surface area contributed by atoms with Crippen LogP contribution in [0.1, 0.15) is 27.2 Å². The van der Waals surface area contributed by atoms with E-state index in [1.807, 2.05) is 13.8 Å². The van der Waals surface area contributed by atoms with Crippen molar-refractivity contribution in [2.75, 3.05) is 12.3 Å². The number of esters is 1. The molecule has 0 aliphatic rings. The first-order valence-electron chi connectivity index (χ1n) is 6.67. The largest absolute Gasteiger partial charge is 0.462 e. The van der Waals surface area contributed by atoms with Crippen LogP contribution in [0.2, 0.25) is 0 Å². The number of hydrogen-bond acceptors (Lipinski definition) is 7. The van der Waals surface area contributed by atoms with Gasteiger partial charge in [-0.1, -0.05) is 13.8 Å². The van der Waals surface area contributed by atoms with Crippen molar-refractivity contribution in [2.24, 2.45) is 5.92 Å². The van der Waals surface area contributed by atoms with Crippen molar-refractivity contribution in [3.63, 3.8) is 0 Å². The summed E-state index contributed by atoms with van der Waals surface area (Å²) in [6.45, 7) is 5.62. The van der Waals surface area contributed by atoms with Crippen LogP contribution in [0, 0.1) is 5.92 Å². The van der Waals surface area contributed by atoms with Crippen molar-refractivity contribution in [2.45, 2.75) is 32.9 Å². The van der Waals surface area contributed by atoms with E-state index >= 15 is 0 Å². The topological polar surface area (TPSA) is 116 Å². The lowest BCUT2D eigenvalue weighted by Crippen LogP contribution is -2.40. The highest BCUT2D eigenvalue weighted by molar-refractivity contribution is 5.84. The van der Waals surface area contributed by atoms with Crippen molar-refractivity contribution in [3.05, 3.63) is 12.7 Å². The third kappa shape index (κ3) is 2.94. The van der Waals surface area contributed by atoms with Gasteiger partial charge in [-0.25, -0.2) is 19.7 Å². The van der Waals surface area contributed by atoms with Crippen LogP contribution in [0.5, 0.6) is 0 Å². The van der Waals surface area contributed by atoms with Crippen molar-refractivity contribution < 1.29 is 14.6 Å². The molecule has 2 aromatic rings. The predicted octanol–water partition coefficient (Wildman–Crippen LogP) is 0.663. The molecule has 0 bridgehead atoms. The second-order valence-corrected chi connectivity index (χ2v) is 5.38. The minimum Gasteiger partial charge on any atom is -0.462 e. The zero-order valence-electron chi connectivity index (χ0n) is 12.3. The van der Waals surface area contributed by atoms with E-state index in [0.717, 1.165) is 6.42 Å². The number of hydrogen-bond donors (Lipinski definition) is 2. The average Bonchev–Trinajstić information content (AvgIpc) is 2.84. The molecule has 8 nitrogen and oxygen atoms in total. The fourth-order valence-electron chi connectivity index (χ4n) is 1.79. The summed E-state index contributed by atoms with van der Waals surface area (Å²) >= 11 is 0. The number of aromatic nitrogens is 4. The molecule has 8 heteroatoms. The van der Waals surface area contributed by atoms with Gasteiger partial charge in [0.25, 0.3) is 0 Å². The van der Waals surface area contributed by atoms with E-state index < -0.39 is 11.7 Å². The number of carbonyl (C=O) groups excluding carboxylic acids is 1. The van der Waals surface area contributed by atoms with E-state index in [2.05, 4.69) is 15.0 Å². The van der Waals surface area contributed by atoms with Gasteiger partial charge in [0.05, 0.1) is 6.61 Å². The molecule has 0 radical (unpaired) electrons. The van der Waals surface area contributed by atoms with Gasteiger partial charge in [0, 0.05) is 0 Å². The Balaban J connectivity index is 2.25. The van der Waals surface area contributed by atoms with Gasteiger partial charge in [-0.3, -0.25) is 4.57 Å². The summed E-state index contributed by atoms with van der Waals surface area (Å²) in [6, 6.07) is 0. The van der Waals surface area contributed by atoms with Crippen LogP contribution in [0.3, 0.4) is 0 Å². The van der Waals surface area contributed by atoms with E-state index in [0.29, 0.717) is 11.4 Å². The molecule has 0 fully saturated rings. The van der Waals surface area contributed by atoms with Crippen LogP contribution in [0.4, 0.5) is 5.82 Å². The molecule has 3 N–H and O–H groups in total. The number of rotatable bonds is 5. The fourth-order valence-corrected chi connectivity index (χ4v) is 1.79. The first kappa shape index (κ1) is 15.2. The van der Waals surface area contributed by atoms with Gasteiger partial charge in [0.15, 0.2) is 11.5 Å². The van der Waals surface area contributed by atoms with Crippen LogP contribution in [0.25, 0.3) is 11.2 Å². The van der Waals surface area contributed by atoms with E-state index in [4.69, 9.17) is 10.5 Å². The maximum Gasteiger partial charge on any atom is 0.359 e. The number of nitrogen functional groups attached to an aromatic ring is 1. The summed E-state index contributed by atoms with van der Waals surface area (Å²) in [5.74, 6) is -0.174. The van der Waals surface area contributed by atoms with Crippen molar-refractivity contribution in [1.82, 2.24) is 19.5 Å². The van der Waals surface area contributed by atoms with E-state index in [1.165, 1.54) is 24.1 Å². The van der Waals surface area contributed by atoms with Crippen LogP contribution in [0.15, 0.2) is 12.7 Å². The minimum absolute atomic E-state index is 0.183. The maximum atomic E-state index is 12.1. The zero-order valence-corrected chi connectivity index (χ0v) is 12.3. The number of anilines is 1. The monoisotopic (exact) mass is 293 g/mol. The smallest absolute Gasteiger partial charge is 0.359 e. The lowest BCUT2D eigenvalue weighted by atomic mass is 10.1. The molecule has 0 unspecified atom stereocenters. The van der Waals surface area contributed by atoms with Gasteiger partial charge in [-0.15, -0.1) is 0 Å². The Labute approximate surface area is 122 Å². The van der Waals surface area contributed by atoms with Gasteiger partial charge in [0.1, 0.15) is 18.2 Å². The number of nitrogens with zero attached hydrogens (tertiary/aromatic N) is 4. The number of aliphatic hydroxyl groups is 1. The Morgan fingerprint density at radius 3 is 2.86 bits per heavy atom. The second kappa shape index (κ2) is 5.65. The highest BCUT2D eigenvalue weighted by Crippen LogP contribution is 2.22. The molecule has 0 amide bonds. The highest BCUT2D eigenvalue weighted by Gasteiger charge is 2.36. The molecule has 114 valence electrons. The highest BCUT2D eigenvalue weighted by atomic mass is 16.6. The molecule has 1 atom stereocenters. The number of fused-ring (bicyclic) bond motifs is 1. The molecular weight excluding hydrogens is 274 g/mol. The molecule has 0 saturated heterocycles. The molecule has 0 saturated carbocycles. The summed E-state index contributed by atoms with van der Waals surface area (Å²) in [4.78, 5) is 23.9. The Hall–Kier alpha value is -2.22. The molecule has 0 aromatic carbocycles. The molecule has 2 heterocycles. The fraction of sp³-hybridized carbons (Fsp3) is 0.538. The Kier molecular flexibility index (Phi) is 4.08. The summed E-state index contributed by atoms with van der Waals surface area (Å²) < 4.78 is 6.33. The normalized spacial score (nSPS) is 14.3. The van der Waals surface area contributed by atoms with Crippen LogP contribution in [-0.4, -0.2) is 37.2 Å². The average molecular weight is 293 g/mol. The van der Waals surface area contributed by atoms with Gasteiger partial charge in [-0.2, -0.15) is 0 Å². The predicted molar refractivity (Wildman–Crippen MR) is 76.0 cm³/mol. The first-order valence-corrected chi connectivity index (χ1v) is 6.67. The van der Waals surface area contributed by atoms with Crippen LogP contribution < -0.4 is 5.73 Å². The van der Waals surface area contributed by atoms with E-state index in [9.17, 15) is 9.90 Å². The van der Waals surface area contributed by atoms with Crippen molar-refractivity contribution in [3.8, 4) is 0 Å². The third-order valence-electron chi connectivity index (χ3n) is 3.15. The number of carbonyl (C=O) groups is 1. The van der Waals surface area contributed by atoms with Gasteiger partial charge >= 0.3 is 5.97 Å². The Morgan fingerprint density at radius 1 is 1.48 bits per heavy atom. The zero-order chi connectivity index (χ0) is 15.6. The third-order valence-corrected chi connectivity index (χ3v) is 3.15. The second-order valence-electron chi connectivity index (χ2n) is 5.38. The summed E-state index contributed by atoms with van der Waals surface area (Å²) in [6.07, 6.45) is 3.26. The number of ether oxygens (including phenoxy) is 1. The van der Waals surface area contributed by atoms with Crippen LogP contribution >= 0.6 is 0 Å². The lowest BCUT2D eigenvalue weighted by molar-refractivity contribution is -0.174. The molecular formula is C13H19N5O3. The van der Waals surface area contributed by atoms with Gasteiger partial charge in [0.2, 0.25) is 5.72 Å². The molecule has 0 aliphatic carbocycles.